The van der Waals surface area contributed by atoms with Crippen molar-refractivity contribution in [1.29, 1.82) is 0 Å². The third-order valence-electron chi connectivity index (χ3n) is 0.669. The molecule has 5 N–H and O–H groups in total. The average Bonchev–Trinajstić information content (AvgIpc) is 1.63. The van der Waals surface area contributed by atoms with Gasteiger partial charge in [0.25, 0.3) is 7.59 Å². The second kappa shape index (κ2) is 4.41. The highest BCUT2D eigenvalue weighted by molar-refractivity contribution is 9.09. The number of nitrogens with two attached hydrogens (primary N) is 2. The predicted molar refractivity (Wildman–Crippen MR) is 42.4 cm³/mol. The Morgan fingerprint density at radius 2 is 2.11 bits per heavy atom. The van der Waals surface area contributed by atoms with Gasteiger partial charge in [0, 0.05) is 11.9 Å². The lowest BCUT2D eigenvalue weighted by atomic mass is 10.5. The van der Waals surface area contributed by atoms with Crippen LogP contribution < -0.4 is 16.1 Å². The molecule has 0 saturated carbocycles. The largest absolute Gasteiger partial charge is 0.273 e. The van der Waals surface area contributed by atoms with Crippen LogP contribution in [0.2, 0.25) is 0 Å². The van der Waals surface area contributed by atoms with Crippen molar-refractivity contribution in [3.63, 3.8) is 0 Å². The van der Waals surface area contributed by atoms with Crippen LogP contribution in [-0.4, -0.2) is 11.9 Å². The maximum Gasteiger partial charge on any atom is 0.273 e. The number of alkyl halides is 1. The topological polar surface area (TPSA) is 81.1 Å². The van der Waals surface area contributed by atoms with Crippen LogP contribution >= 0.6 is 23.5 Å². The standard InChI is InChI=1S/C3H11BrN3OP/c4-2-1-3-7-9(5,6)8/h1-3H2,(H5,5,6,7,8). The van der Waals surface area contributed by atoms with Gasteiger partial charge in [0.1, 0.15) is 0 Å². The molecule has 6 heteroatoms. The minimum absolute atomic E-state index is 0.593. The summed E-state index contributed by atoms with van der Waals surface area (Å²) in [6.45, 7) is 0.593. The van der Waals surface area contributed by atoms with Crippen LogP contribution in [0.3, 0.4) is 0 Å². The van der Waals surface area contributed by atoms with Crippen molar-refractivity contribution < 1.29 is 4.57 Å². The van der Waals surface area contributed by atoms with E-state index < -0.39 is 7.59 Å². The highest BCUT2D eigenvalue weighted by Crippen LogP contribution is 2.16. The van der Waals surface area contributed by atoms with E-state index in [1.165, 1.54) is 0 Å². The highest BCUT2D eigenvalue weighted by atomic mass is 79.9. The molecule has 9 heavy (non-hydrogen) atoms. The predicted octanol–water partition coefficient (Wildman–Crippen LogP) is 0.386. The second-order valence-corrected chi connectivity index (χ2v) is 4.19. The number of rotatable bonds is 4. The van der Waals surface area contributed by atoms with Crippen molar-refractivity contribution >= 4 is 23.5 Å². The summed E-state index contributed by atoms with van der Waals surface area (Å²) in [5.74, 6) is 0. The third kappa shape index (κ3) is 8.59. The molecule has 0 aromatic heterocycles. The van der Waals surface area contributed by atoms with Gasteiger partial charge in [-0.2, -0.15) is 0 Å². The van der Waals surface area contributed by atoms with Crippen LogP contribution in [-0.2, 0) is 4.57 Å². The monoisotopic (exact) mass is 215 g/mol. The minimum atomic E-state index is -2.97. The van der Waals surface area contributed by atoms with E-state index in [1.54, 1.807) is 0 Å². The molecular formula is C3H11BrN3OP. The molecule has 0 aromatic rings. The van der Waals surface area contributed by atoms with Crippen LogP contribution in [0.4, 0.5) is 0 Å². The van der Waals surface area contributed by atoms with Gasteiger partial charge < -0.3 is 0 Å². The summed E-state index contributed by atoms with van der Waals surface area (Å²) in [5, 5.41) is 3.36. The Morgan fingerprint density at radius 3 is 2.44 bits per heavy atom. The molecule has 0 fully saturated rings. The molecule has 0 aliphatic heterocycles. The summed E-state index contributed by atoms with van der Waals surface area (Å²) in [6, 6.07) is 0. The fraction of sp³-hybridized carbons (Fsp3) is 1.00. The zero-order valence-corrected chi connectivity index (χ0v) is 7.49. The Hall–Kier alpha value is 0.590. The molecule has 0 radical (unpaired) electrons. The van der Waals surface area contributed by atoms with E-state index in [4.69, 9.17) is 11.0 Å². The lowest BCUT2D eigenvalue weighted by Gasteiger charge is -2.06. The van der Waals surface area contributed by atoms with E-state index in [9.17, 15) is 4.57 Å². The summed E-state index contributed by atoms with van der Waals surface area (Å²) < 4.78 is 10.5. The van der Waals surface area contributed by atoms with Gasteiger partial charge in [-0.25, -0.2) is 5.09 Å². The van der Waals surface area contributed by atoms with Gasteiger partial charge in [-0.3, -0.25) is 15.6 Å². The molecule has 0 saturated heterocycles. The molecule has 0 rings (SSSR count). The summed E-state index contributed by atoms with van der Waals surface area (Å²) in [5.41, 5.74) is 9.97. The van der Waals surface area contributed by atoms with E-state index in [0.29, 0.717) is 6.54 Å². The molecular weight excluding hydrogens is 205 g/mol. The van der Waals surface area contributed by atoms with Crippen LogP contribution in [0.15, 0.2) is 0 Å². The van der Waals surface area contributed by atoms with Crippen molar-refractivity contribution in [3.8, 4) is 0 Å². The van der Waals surface area contributed by atoms with Gasteiger partial charge in [0.15, 0.2) is 0 Å². The number of hydrogen-bond acceptors (Lipinski definition) is 1. The molecule has 0 aliphatic carbocycles. The molecule has 0 amide bonds. The Morgan fingerprint density at radius 1 is 1.56 bits per heavy atom. The Bertz CT molecular complexity index is 114. The second-order valence-electron chi connectivity index (χ2n) is 1.66. The van der Waals surface area contributed by atoms with Crippen LogP contribution in [0.1, 0.15) is 6.42 Å². The van der Waals surface area contributed by atoms with E-state index in [2.05, 4.69) is 21.0 Å². The van der Waals surface area contributed by atoms with Gasteiger partial charge in [-0.1, -0.05) is 15.9 Å². The first-order valence-electron chi connectivity index (χ1n) is 2.54. The van der Waals surface area contributed by atoms with Crippen molar-refractivity contribution in [2.75, 3.05) is 11.9 Å². The van der Waals surface area contributed by atoms with E-state index in [0.717, 1.165) is 11.8 Å². The lowest BCUT2D eigenvalue weighted by Crippen LogP contribution is -2.23. The van der Waals surface area contributed by atoms with E-state index in [-0.39, 0.29) is 0 Å². The maximum absolute atomic E-state index is 10.5. The fourth-order valence-electron chi connectivity index (χ4n) is 0.321. The smallest absolute Gasteiger partial charge is 0.271 e. The molecule has 0 aliphatic rings. The fourth-order valence-corrected chi connectivity index (χ4v) is 1.11. The van der Waals surface area contributed by atoms with Gasteiger partial charge in [-0.15, -0.1) is 0 Å². The van der Waals surface area contributed by atoms with Crippen LogP contribution in [0, 0.1) is 0 Å². The Labute approximate surface area is 63.0 Å². The van der Waals surface area contributed by atoms with Gasteiger partial charge >= 0.3 is 0 Å². The van der Waals surface area contributed by atoms with Crippen molar-refractivity contribution in [2.24, 2.45) is 11.0 Å². The first-order chi connectivity index (χ1) is 4.06. The zero-order valence-electron chi connectivity index (χ0n) is 5.01. The Kier molecular flexibility index (Phi) is 4.70. The molecule has 0 atom stereocenters. The van der Waals surface area contributed by atoms with Gasteiger partial charge in [-0.05, 0) is 6.42 Å². The number of halogens is 1. The third-order valence-corrected chi connectivity index (χ3v) is 1.95. The molecule has 4 nitrogen and oxygen atoms in total. The molecule has 0 unspecified atom stereocenters. The molecule has 0 spiro atoms. The quantitative estimate of drug-likeness (QED) is 0.360. The normalized spacial score (nSPS) is 11.9. The zero-order chi connectivity index (χ0) is 7.33. The van der Waals surface area contributed by atoms with E-state index >= 15 is 0 Å². The maximum atomic E-state index is 10.5. The Balaban J connectivity index is 3.18. The lowest BCUT2D eigenvalue weighted by molar-refractivity contribution is 0.566. The van der Waals surface area contributed by atoms with E-state index in [1.807, 2.05) is 0 Å². The molecule has 0 bridgehead atoms. The minimum Gasteiger partial charge on any atom is -0.271 e. The summed E-state index contributed by atoms with van der Waals surface area (Å²) in [7, 11) is -2.97. The van der Waals surface area contributed by atoms with Crippen LogP contribution in [0.25, 0.3) is 0 Å². The first-order valence-corrected chi connectivity index (χ1v) is 5.51. The summed E-state index contributed by atoms with van der Waals surface area (Å²) in [4.78, 5) is 0. The number of nitrogens with one attached hydrogen (secondary N) is 1. The van der Waals surface area contributed by atoms with Crippen LogP contribution in [0.5, 0.6) is 0 Å². The van der Waals surface area contributed by atoms with Crippen molar-refractivity contribution in [1.82, 2.24) is 5.09 Å². The average molecular weight is 216 g/mol. The number of hydrogen-bond donors (Lipinski definition) is 3. The van der Waals surface area contributed by atoms with Crippen molar-refractivity contribution in [3.05, 3.63) is 0 Å². The van der Waals surface area contributed by atoms with Crippen molar-refractivity contribution in [2.45, 2.75) is 6.42 Å². The SMILES string of the molecule is NP(N)(=O)NCCCBr. The summed E-state index contributed by atoms with van der Waals surface area (Å²) in [6.07, 6.45) is 0.873. The first kappa shape index (κ1) is 9.59. The molecule has 0 heterocycles. The molecule has 0 aromatic carbocycles. The highest BCUT2D eigenvalue weighted by Gasteiger charge is 2.03. The summed E-state index contributed by atoms with van der Waals surface area (Å²) >= 11 is 3.21. The van der Waals surface area contributed by atoms with Gasteiger partial charge in [0.2, 0.25) is 0 Å². The molecule has 56 valence electrons. The van der Waals surface area contributed by atoms with Gasteiger partial charge in [0.05, 0.1) is 0 Å².